The number of rotatable bonds is 2. The molecule has 1 heterocycles. The van der Waals surface area contributed by atoms with Crippen LogP contribution in [-0.4, -0.2) is 12.3 Å². The summed E-state index contributed by atoms with van der Waals surface area (Å²) < 4.78 is 36.4. The van der Waals surface area contributed by atoms with E-state index >= 15 is 0 Å². The van der Waals surface area contributed by atoms with Gasteiger partial charge in [0.2, 0.25) is 5.88 Å². The van der Waals surface area contributed by atoms with Crippen molar-refractivity contribution in [1.29, 1.82) is 0 Å². The van der Waals surface area contributed by atoms with E-state index in [0.29, 0.717) is 0 Å². The van der Waals surface area contributed by atoms with Crippen LogP contribution in [0.4, 0.5) is 14.7 Å². The highest BCUT2D eigenvalue weighted by Crippen LogP contribution is 2.37. The molecule has 2 rings (SSSR count). The first-order valence-corrected chi connectivity index (χ1v) is 4.37. The Morgan fingerprint density at radius 3 is 2.56 bits per heavy atom. The standard InChI is InChI=1S/C10H8F2N2O2/c1-15-9-7(12)3-2-6(11)8(9)5-4-14-16-10(5)13/h2-4H,13H2,1H3. The van der Waals surface area contributed by atoms with Crippen LogP contribution in [0.2, 0.25) is 0 Å². The molecule has 0 atom stereocenters. The number of nitrogens with two attached hydrogens (primary N) is 1. The van der Waals surface area contributed by atoms with Gasteiger partial charge in [-0.15, -0.1) is 0 Å². The molecular formula is C10H8F2N2O2. The normalized spacial score (nSPS) is 10.4. The topological polar surface area (TPSA) is 61.3 Å². The molecule has 4 nitrogen and oxygen atoms in total. The van der Waals surface area contributed by atoms with Crippen molar-refractivity contribution < 1.29 is 18.0 Å². The third-order valence-corrected chi connectivity index (χ3v) is 2.13. The van der Waals surface area contributed by atoms with Crippen LogP contribution < -0.4 is 10.5 Å². The average Bonchev–Trinajstić information content (AvgIpc) is 2.67. The molecule has 0 aliphatic heterocycles. The van der Waals surface area contributed by atoms with Crippen molar-refractivity contribution in [1.82, 2.24) is 5.16 Å². The number of anilines is 1. The molecule has 0 unspecified atom stereocenters. The molecule has 6 heteroatoms. The fourth-order valence-electron chi connectivity index (χ4n) is 1.42. The highest BCUT2D eigenvalue weighted by atomic mass is 19.1. The maximum absolute atomic E-state index is 13.6. The van der Waals surface area contributed by atoms with Crippen molar-refractivity contribution in [3.8, 4) is 16.9 Å². The number of hydrogen-bond acceptors (Lipinski definition) is 4. The van der Waals surface area contributed by atoms with Gasteiger partial charge >= 0.3 is 0 Å². The zero-order chi connectivity index (χ0) is 11.7. The molecule has 0 saturated heterocycles. The lowest BCUT2D eigenvalue weighted by atomic mass is 10.1. The molecule has 0 spiro atoms. The molecule has 0 aliphatic carbocycles. The second kappa shape index (κ2) is 3.80. The number of aromatic nitrogens is 1. The van der Waals surface area contributed by atoms with E-state index in [2.05, 4.69) is 9.68 Å². The molecule has 2 aromatic rings. The molecule has 1 aromatic heterocycles. The van der Waals surface area contributed by atoms with Crippen LogP contribution in [0, 0.1) is 11.6 Å². The van der Waals surface area contributed by atoms with Gasteiger partial charge in [-0.2, -0.15) is 0 Å². The molecule has 2 N–H and O–H groups in total. The molecule has 84 valence electrons. The Morgan fingerprint density at radius 1 is 1.31 bits per heavy atom. The van der Waals surface area contributed by atoms with Gasteiger partial charge in [0.05, 0.1) is 24.4 Å². The number of nitrogen functional groups attached to an aromatic ring is 1. The number of methoxy groups -OCH3 is 1. The molecule has 16 heavy (non-hydrogen) atoms. The zero-order valence-electron chi connectivity index (χ0n) is 8.33. The first-order valence-electron chi connectivity index (χ1n) is 4.37. The second-order valence-corrected chi connectivity index (χ2v) is 3.04. The van der Waals surface area contributed by atoms with Crippen LogP contribution >= 0.6 is 0 Å². The van der Waals surface area contributed by atoms with Gasteiger partial charge in [0, 0.05) is 0 Å². The summed E-state index contributed by atoms with van der Waals surface area (Å²) in [7, 11) is 1.24. The third-order valence-electron chi connectivity index (χ3n) is 2.13. The fourth-order valence-corrected chi connectivity index (χ4v) is 1.42. The molecule has 0 amide bonds. The van der Waals surface area contributed by atoms with E-state index < -0.39 is 11.6 Å². The van der Waals surface area contributed by atoms with Gasteiger partial charge in [-0.1, -0.05) is 5.16 Å². The zero-order valence-corrected chi connectivity index (χ0v) is 8.33. The van der Waals surface area contributed by atoms with Crippen molar-refractivity contribution in [3.63, 3.8) is 0 Å². The lowest BCUT2D eigenvalue weighted by Crippen LogP contribution is -1.96. The quantitative estimate of drug-likeness (QED) is 0.852. The van der Waals surface area contributed by atoms with Crippen LogP contribution in [0.1, 0.15) is 0 Å². The van der Waals surface area contributed by atoms with E-state index in [9.17, 15) is 8.78 Å². The maximum atomic E-state index is 13.6. The van der Waals surface area contributed by atoms with E-state index in [4.69, 9.17) is 10.5 Å². The minimum atomic E-state index is -0.681. The predicted octanol–water partition coefficient (Wildman–Crippen LogP) is 2.21. The highest BCUT2D eigenvalue weighted by Gasteiger charge is 2.20. The molecule has 1 aromatic carbocycles. The summed E-state index contributed by atoms with van der Waals surface area (Å²) in [5.41, 5.74) is 5.51. The van der Waals surface area contributed by atoms with Crippen molar-refractivity contribution in [3.05, 3.63) is 30.0 Å². The summed E-state index contributed by atoms with van der Waals surface area (Å²) in [4.78, 5) is 0. The molecule has 0 fully saturated rings. The second-order valence-electron chi connectivity index (χ2n) is 3.04. The van der Waals surface area contributed by atoms with Crippen molar-refractivity contribution in [2.75, 3.05) is 12.8 Å². The van der Waals surface area contributed by atoms with Crippen LogP contribution in [-0.2, 0) is 0 Å². The Morgan fingerprint density at radius 2 is 2.00 bits per heavy atom. The van der Waals surface area contributed by atoms with Gasteiger partial charge in [-0.05, 0) is 12.1 Å². The van der Waals surface area contributed by atoms with Gasteiger partial charge in [0.1, 0.15) is 5.82 Å². The first kappa shape index (κ1) is 10.4. The number of hydrogen-bond donors (Lipinski definition) is 1. The van der Waals surface area contributed by atoms with Crippen LogP contribution in [0.3, 0.4) is 0 Å². The van der Waals surface area contributed by atoms with E-state index in [1.165, 1.54) is 13.3 Å². The summed E-state index contributed by atoms with van der Waals surface area (Å²) in [5, 5.41) is 3.40. The van der Waals surface area contributed by atoms with Crippen LogP contribution in [0.5, 0.6) is 5.75 Å². The molecule has 0 radical (unpaired) electrons. The minimum absolute atomic E-state index is 0.0946. The third kappa shape index (κ3) is 1.48. The monoisotopic (exact) mass is 226 g/mol. The van der Waals surface area contributed by atoms with Crippen LogP contribution in [0.25, 0.3) is 11.1 Å². The summed E-state index contributed by atoms with van der Waals surface area (Å²) in [6.45, 7) is 0. The number of ether oxygens (including phenoxy) is 1. The highest BCUT2D eigenvalue weighted by molar-refractivity contribution is 5.77. The first-order chi connectivity index (χ1) is 7.65. The summed E-state index contributed by atoms with van der Waals surface area (Å²) in [6.07, 6.45) is 1.20. The summed E-state index contributed by atoms with van der Waals surface area (Å²) in [5.74, 6) is -1.66. The number of benzene rings is 1. The molecule has 0 bridgehead atoms. The minimum Gasteiger partial charge on any atom is -0.493 e. The fraction of sp³-hybridized carbons (Fsp3) is 0.100. The van der Waals surface area contributed by atoms with Gasteiger partial charge < -0.3 is 15.0 Å². The molecule has 0 aliphatic rings. The van der Waals surface area contributed by atoms with Crippen molar-refractivity contribution in [2.45, 2.75) is 0 Å². The van der Waals surface area contributed by atoms with E-state index in [1.807, 2.05) is 0 Å². The van der Waals surface area contributed by atoms with Gasteiger partial charge in [-0.3, -0.25) is 0 Å². The van der Waals surface area contributed by atoms with Crippen LogP contribution in [0.15, 0.2) is 22.9 Å². The average molecular weight is 226 g/mol. The van der Waals surface area contributed by atoms with Gasteiger partial charge in [-0.25, -0.2) is 8.78 Å². The van der Waals surface area contributed by atoms with Crippen molar-refractivity contribution in [2.24, 2.45) is 0 Å². The van der Waals surface area contributed by atoms with E-state index in [0.717, 1.165) is 12.1 Å². The summed E-state index contributed by atoms with van der Waals surface area (Å²) in [6, 6.07) is 1.96. The van der Waals surface area contributed by atoms with Gasteiger partial charge in [0.25, 0.3) is 0 Å². The SMILES string of the molecule is COc1c(F)ccc(F)c1-c1cnoc1N. The summed E-state index contributed by atoms with van der Waals surface area (Å²) >= 11 is 0. The molecular weight excluding hydrogens is 218 g/mol. The molecule has 0 saturated carbocycles. The Balaban J connectivity index is 2.73. The Bertz CT molecular complexity index is 526. The smallest absolute Gasteiger partial charge is 0.230 e. The Hall–Kier alpha value is -2.11. The lowest BCUT2D eigenvalue weighted by molar-refractivity contribution is 0.385. The predicted molar refractivity (Wildman–Crippen MR) is 52.8 cm³/mol. The Labute approximate surface area is 89.6 Å². The van der Waals surface area contributed by atoms with E-state index in [-0.39, 0.29) is 22.8 Å². The van der Waals surface area contributed by atoms with Gasteiger partial charge in [0.15, 0.2) is 11.6 Å². The number of nitrogens with zero attached hydrogens (tertiary/aromatic N) is 1. The van der Waals surface area contributed by atoms with E-state index in [1.54, 1.807) is 0 Å². The van der Waals surface area contributed by atoms with Crippen molar-refractivity contribution >= 4 is 5.88 Å². The largest absolute Gasteiger partial charge is 0.493 e. The number of halogens is 2. The maximum Gasteiger partial charge on any atom is 0.230 e. The lowest BCUT2D eigenvalue weighted by Gasteiger charge is -2.08. The Kier molecular flexibility index (Phi) is 2.47.